The molecular formula is C21H34. The van der Waals surface area contributed by atoms with Crippen molar-refractivity contribution in [1.29, 1.82) is 0 Å². The van der Waals surface area contributed by atoms with Gasteiger partial charge < -0.3 is 0 Å². The van der Waals surface area contributed by atoms with Gasteiger partial charge in [0.1, 0.15) is 0 Å². The molecule has 3 unspecified atom stereocenters. The Balaban J connectivity index is 2.98. The zero-order chi connectivity index (χ0) is 15.7. The highest BCUT2D eigenvalue weighted by molar-refractivity contribution is 5.20. The molecule has 0 heteroatoms. The molecule has 0 radical (unpaired) electrons. The van der Waals surface area contributed by atoms with Gasteiger partial charge in [0.2, 0.25) is 0 Å². The molecule has 0 aliphatic rings. The maximum Gasteiger partial charge on any atom is -0.0157 e. The van der Waals surface area contributed by atoms with Crippen molar-refractivity contribution < 1.29 is 0 Å². The Labute approximate surface area is 132 Å². The van der Waals surface area contributed by atoms with Crippen molar-refractivity contribution >= 4 is 0 Å². The number of rotatable bonds is 9. The lowest BCUT2D eigenvalue weighted by Gasteiger charge is -2.38. The standard InChI is InChI=1S/C21H34/c1-6-13-19(18-15-11-10-12-16-18)17-21(5,9-4)20(8-3)14-7-2/h7,10-12,14-16,19-20H,6,8-9,13,17H2,1-5H3. The summed E-state index contributed by atoms with van der Waals surface area (Å²) >= 11 is 0. The van der Waals surface area contributed by atoms with Gasteiger partial charge in [-0.25, -0.2) is 0 Å². The van der Waals surface area contributed by atoms with Crippen molar-refractivity contribution in [2.24, 2.45) is 11.3 Å². The molecule has 0 aliphatic carbocycles. The zero-order valence-electron chi connectivity index (χ0n) is 14.7. The summed E-state index contributed by atoms with van der Waals surface area (Å²) in [7, 11) is 0. The van der Waals surface area contributed by atoms with Crippen molar-refractivity contribution in [3.05, 3.63) is 48.0 Å². The first-order valence-electron chi connectivity index (χ1n) is 8.79. The first-order valence-corrected chi connectivity index (χ1v) is 8.79. The fourth-order valence-electron chi connectivity index (χ4n) is 3.67. The van der Waals surface area contributed by atoms with E-state index in [1.807, 2.05) is 0 Å². The Hall–Kier alpha value is -1.04. The van der Waals surface area contributed by atoms with Crippen molar-refractivity contribution in [3.8, 4) is 0 Å². The van der Waals surface area contributed by atoms with Crippen molar-refractivity contribution in [2.45, 2.75) is 72.6 Å². The second-order valence-corrected chi connectivity index (χ2v) is 6.65. The highest BCUT2D eigenvalue weighted by atomic mass is 14.4. The second-order valence-electron chi connectivity index (χ2n) is 6.65. The van der Waals surface area contributed by atoms with E-state index in [0.29, 0.717) is 17.3 Å². The highest BCUT2D eigenvalue weighted by Crippen LogP contribution is 2.44. The Morgan fingerprint density at radius 3 is 2.24 bits per heavy atom. The minimum absolute atomic E-state index is 0.400. The number of hydrogen-bond donors (Lipinski definition) is 0. The Bertz CT molecular complexity index is 403. The minimum Gasteiger partial charge on any atom is -0.0914 e. The quantitative estimate of drug-likeness (QED) is 0.429. The molecule has 0 saturated heterocycles. The van der Waals surface area contributed by atoms with Crippen LogP contribution in [0.25, 0.3) is 0 Å². The van der Waals surface area contributed by atoms with Crippen LogP contribution in [0, 0.1) is 11.3 Å². The first-order chi connectivity index (χ1) is 10.1. The van der Waals surface area contributed by atoms with Gasteiger partial charge in [-0.3, -0.25) is 0 Å². The lowest BCUT2D eigenvalue weighted by Crippen LogP contribution is -2.27. The van der Waals surface area contributed by atoms with Crippen LogP contribution in [0.1, 0.15) is 78.2 Å². The summed E-state index contributed by atoms with van der Waals surface area (Å²) in [6.45, 7) is 11.6. The Morgan fingerprint density at radius 2 is 1.76 bits per heavy atom. The number of allylic oxidation sites excluding steroid dienone is 2. The number of benzene rings is 1. The molecule has 0 nitrogen and oxygen atoms in total. The van der Waals surface area contributed by atoms with Gasteiger partial charge in [0.15, 0.2) is 0 Å². The molecule has 0 saturated carbocycles. The molecule has 3 atom stereocenters. The monoisotopic (exact) mass is 286 g/mol. The van der Waals surface area contributed by atoms with E-state index in [1.54, 1.807) is 0 Å². The van der Waals surface area contributed by atoms with E-state index in [1.165, 1.54) is 37.7 Å². The van der Waals surface area contributed by atoms with E-state index in [2.05, 4.69) is 77.1 Å². The van der Waals surface area contributed by atoms with Crippen molar-refractivity contribution in [3.63, 3.8) is 0 Å². The second kappa shape index (κ2) is 9.07. The van der Waals surface area contributed by atoms with Gasteiger partial charge >= 0.3 is 0 Å². The van der Waals surface area contributed by atoms with Gasteiger partial charge in [0, 0.05) is 0 Å². The molecule has 0 aliphatic heterocycles. The van der Waals surface area contributed by atoms with Crippen LogP contribution in [0.4, 0.5) is 0 Å². The lowest BCUT2D eigenvalue weighted by atomic mass is 9.66. The summed E-state index contributed by atoms with van der Waals surface area (Å²) in [5, 5.41) is 0. The van der Waals surface area contributed by atoms with Gasteiger partial charge in [-0.1, -0.05) is 83.0 Å². The molecule has 1 aromatic carbocycles. The molecule has 1 aromatic rings. The van der Waals surface area contributed by atoms with Crippen molar-refractivity contribution in [2.75, 3.05) is 0 Å². The van der Waals surface area contributed by atoms with Crippen LogP contribution >= 0.6 is 0 Å². The van der Waals surface area contributed by atoms with Gasteiger partial charge in [-0.05, 0) is 49.0 Å². The summed E-state index contributed by atoms with van der Waals surface area (Å²) < 4.78 is 0. The molecule has 118 valence electrons. The molecule has 0 heterocycles. The Kier molecular flexibility index (Phi) is 7.78. The molecule has 0 amide bonds. The first kappa shape index (κ1) is 18.0. The summed E-state index contributed by atoms with van der Waals surface area (Å²) in [6, 6.07) is 11.1. The van der Waals surface area contributed by atoms with Crippen LogP contribution in [-0.4, -0.2) is 0 Å². The summed E-state index contributed by atoms with van der Waals surface area (Å²) in [5.74, 6) is 1.39. The van der Waals surface area contributed by atoms with Gasteiger partial charge in [-0.2, -0.15) is 0 Å². The van der Waals surface area contributed by atoms with Crippen LogP contribution in [-0.2, 0) is 0 Å². The van der Waals surface area contributed by atoms with Crippen LogP contribution in [0.3, 0.4) is 0 Å². The van der Waals surface area contributed by atoms with E-state index < -0.39 is 0 Å². The van der Waals surface area contributed by atoms with E-state index >= 15 is 0 Å². The zero-order valence-corrected chi connectivity index (χ0v) is 14.7. The SMILES string of the molecule is CC=CC(CC)C(C)(CC)CC(CCC)c1ccccc1. The molecule has 0 fully saturated rings. The predicted octanol–water partition coefficient (Wildman–Crippen LogP) is 6.98. The molecule has 0 bridgehead atoms. The molecule has 1 rings (SSSR count). The van der Waals surface area contributed by atoms with E-state index in [9.17, 15) is 0 Å². The average molecular weight is 287 g/mol. The molecule has 0 N–H and O–H groups in total. The molecule has 21 heavy (non-hydrogen) atoms. The van der Waals surface area contributed by atoms with Crippen LogP contribution in [0.5, 0.6) is 0 Å². The summed E-state index contributed by atoms with van der Waals surface area (Å²) in [6.07, 6.45) is 11.0. The van der Waals surface area contributed by atoms with Crippen LogP contribution < -0.4 is 0 Å². The topological polar surface area (TPSA) is 0 Å². The predicted molar refractivity (Wildman–Crippen MR) is 95.7 cm³/mol. The van der Waals surface area contributed by atoms with E-state index in [0.717, 1.165) is 0 Å². The lowest BCUT2D eigenvalue weighted by molar-refractivity contribution is 0.174. The summed E-state index contributed by atoms with van der Waals surface area (Å²) in [4.78, 5) is 0. The molecule has 0 spiro atoms. The highest BCUT2D eigenvalue weighted by Gasteiger charge is 2.32. The third-order valence-electron chi connectivity index (χ3n) is 5.19. The molecule has 0 aromatic heterocycles. The minimum atomic E-state index is 0.400. The smallest absolute Gasteiger partial charge is 0.0157 e. The van der Waals surface area contributed by atoms with Gasteiger partial charge in [0.25, 0.3) is 0 Å². The van der Waals surface area contributed by atoms with E-state index in [-0.39, 0.29) is 0 Å². The van der Waals surface area contributed by atoms with E-state index in [4.69, 9.17) is 0 Å². The molecular weight excluding hydrogens is 252 g/mol. The maximum atomic E-state index is 2.49. The third kappa shape index (κ3) is 5.02. The van der Waals surface area contributed by atoms with Crippen molar-refractivity contribution in [1.82, 2.24) is 0 Å². The summed E-state index contributed by atoms with van der Waals surface area (Å²) in [5.41, 5.74) is 1.92. The van der Waals surface area contributed by atoms with Crippen LogP contribution in [0.2, 0.25) is 0 Å². The van der Waals surface area contributed by atoms with Gasteiger partial charge in [-0.15, -0.1) is 0 Å². The fraction of sp³-hybridized carbons (Fsp3) is 0.619. The average Bonchev–Trinajstić information content (AvgIpc) is 2.52. The van der Waals surface area contributed by atoms with Gasteiger partial charge in [0.05, 0.1) is 0 Å². The fourth-order valence-corrected chi connectivity index (χ4v) is 3.67. The normalized spacial score (nSPS) is 17.6. The van der Waals surface area contributed by atoms with Crippen LogP contribution in [0.15, 0.2) is 42.5 Å². The Morgan fingerprint density at radius 1 is 1.10 bits per heavy atom. The number of hydrogen-bond acceptors (Lipinski definition) is 0. The maximum absolute atomic E-state index is 2.49. The largest absolute Gasteiger partial charge is 0.0914 e. The third-order valence-corrected chi connectivity index (χ3v) is 5.19.